The third kappa shape index (κ3) is 4.07. The van der Waals surface area contributed by atoms with Gasteiger partial charge in [0.25, 0.3) is 0 Å². The fourth-order valence-electron chi connectivity index (χ4n) is 1.86. The highest BCUT2D eigenvalue weighted by Gasteiger charge is 2.11. The Balaban J connectivity index is 1.85. The molecule has 2 aromatic rings. The predicted molar refractivity (Wildman–Crippen MR) is 78.1 cm³/mol. The molecule has 2 aromatic carbocycles. The van der Waals surface area contributed by atoms with E-state index in [9.17, 15) is 9.18 Å². The summed E-state index contributed by atoms with van der Waals surface area (Å²) in [6.45, 7) is 0.318. The Morgan fingerprint density at radius 2 is 1.75 bits per heavy atom. The Kier molecular flexibility index (Phi) is 5.13. The van der Waals surface area contributed by atoms with Crippen molar-refractivity contribution >= 4 is 17.5 Å². The molecule has 1 atom stereocenters. The molecule has 2 nitrogen and oxygen atoms in total. The zero-order chi connectivity index (χ0) is 14.4. The molecule has 0 aliphatic heterocycles. The minimum absolute atomic E-state index is 0.0189. The van der Waals surface area contributed by atoms with E-state index in [0.717, 1.165) is 5.56 Å². The molecule has 0 heterocycles. The zero-order valence-corrected chi connectivity index (χ0v) is 11.6. The van der Waals surface area contributed by atoms with Gasteiger partial charge in [-0.05, 0) is 17.2 Å². The Morgan fingerprint density at radius 3 is 2.45 bits per heavy atom. The summed E-state index contributed by atoms with van der Waals surface area (Å²) in [5.41, 5.74) is 1.33. The number of alkyl halides is 1. The maximum atomic E-state index is 13.4. The van der Waals surface area contributed by atoms with Gasteiger partial charge in [0, 0.05) is 6.54 Å². The van der Waals surface area contributed by atoms with E-state index in [1.807, 2.05) is 30.3 Å². The molecule has 0 spiro atoms. The first-order valence-corrected chi connectivity index (χ1v) is 6.79. The van der Waals surface area contributed by atoms with Gasteiger partial charge >= 0.3 is 0 Å². The Morgan fingerprint density at radius 1 is 1.10 bits per heavy atom. The normalized spacial score (nSPS) is 11.9. The van der Waals surface area contributed by atoms with Crippen LogP contribution in [0.1, 0.15) is 16.5 Å². The maximum Gasteiger partial charge on any atom is 0.224 e. The number of benzene rings is 2. The third-order valence-corrected chi connectivity index (χ3v) is 3.35. The van der Waals surface area contributed by atoms with Gasteiger partial charge in [0.05, 0.1) is 11.8 Å². The molecule has 0 aliphatic rings. The van der Waals surface area contributed by atoms with Crippen LogP contribution in [0.5, 0.6) is 0 Å². The minimum atomic E-state index is -0.367. The second kappa shape index (κ2) is 7.06. The van der Waals surface area contributed by atoms with Crippen LogP contribution in [0.25, 0.3) is 0 Å². The van der Waals surface area contributed by atoms with Crippen LogP contribution < -0.4 is 5.32 Å². The van der Waals surface area contributed by atoms with Crippen molar-refractivity contribution in [3.05, 3.63) is 71.5 Å². The van der Waals surface area contributed by atoms with E-state index < -0.39 is 0 Å². The van der Waals surface area contributed by atoms with Crippen LogP contribution in [0.3, 0.4) is 0 Å². The molecule has 0 aliphatic carbocycles. The van der Waals surface area contributed by atoms with Gasteiger partial charge in [0.2, 0.25) is 5.91 Å². The molecule has 104 valence electrons. The monoisotopic (exact) mass is 291 g/mol. The third-order valence-electron chi connectivity index (χ3n) is 2.95. The molecule has 1 amide bonds. The van der Waals surface area contributed by atoms with Crippen molar-refractivity contribution in [3.63, 3.8) is 0 Å². The molecule has 0 saturated heterocycles. The summed E-state index contributed by atoms with van der Waals surface area (Å²) in [5.74, 6) is -0.607. The molecular formula is C16H15ClFNO. The van der Waals surface area contributed by atoms with E-state index in [4.69, 9.17) is 11.6 Å². The largest absolute Gasteiger partial charge is 0.354 e. The van der Waals surface area contributed by atoms with Gasteiger partial charge < -0.3 is 5.32 Å². The lowest BCUT2D eigenvalue weighted by atomic mass is 10.1. The molecule has 1 N–H and O–H groups in total. The van der Waals surface area contributed by atoms with Gasteiger partial charge in [-0.15, -0.1) is 11.6 Å². The van der Waals surface area contributed by atoms with E-state index in [2.05, 4.69) is 5.32 Å². The Hall–Kier alpha value is -1.87. The molecular weight excluding hydrogens is 277 g/mol. The van der Waals surface area contributed by atoms with Gasteiger partial charge in [-0.3, -0.25) is 4.79 Å². The lowest BCUT2D eigenvalue weighted by Crippen LogP contribution is -2.28. The fraction of sp³-hybridized carbons (Fsp3) is 0.188. The molecule has 1 unspecified atom stereocenters. The summed E-state index contributed by atoms with van der Waals surface area (Å²) in [5, 5.41) is 2.43. The quantitative estimate of drug-likeness (QED) is 0.840. The van der Waals surface area contributed by atoms with Crippen molar-refractivity contribution in [3.8, 4) is 0 Å². The van der Waals surface area contributed by atoms with Crippen LogP contribution in [-0.2, 0) is 11.2 Å². The van der Waals surface area contributed by atoms with Crippen LogP contribution in [0, 0.1) is 5.82 Å². The summed E-state index contributed by atoms with van der Waals surface area (Å²) >= 11 is 6.20. The van der Waals surface area contributed by atoms with E-state index >= 15 is 0 Å². The van der Waals surface area contributed by atoms with Crippen molar-refractivity contribution in [2.75, 3.05) is 6.54 Å². The maximum absolute atomic E-state index is 13.4. The molecule has 0 aromatic heterocycles. The average Bonchev–Trinajstić information content (AvgIpc) is 2.48. The first kappa shape index (κ1) is 14.5. The highest BCUT2D eigenvalue weighted by atomic mass is 35.5. The summed E-state index contributed by atoms with van der Waals surface area (Å²) in [6.07, 6.45) is 0.0189. The second-order valence-electron chi connectivity index (χ2n) is 4.45. The van der Waals surface area contributed by atoms with Crippen molar-refractivity contribution < 1.29 is 9.18 Å². The molecule has 20 heavy (non-hydrogen) atoms. The van der Waals surface area contributed by atoms with Gasteiger partial charge in [0.15, 0.2) is 0 Å². The lowest BCUT2D eigenvalue weighted by molar-refractivity contribution is -0.120. The van der Waals surface area contributed by atoms with Crippen LogP contribution in [-0.4, -0.2) is 12.5 Å². The lowest BCUT2D eigenvalue weighted by Gasteiger charge is -2.11. The second-order valence-corrected chi connectivity index (χ2v) is 4.98. The average molecular weight is 292 g/mol. The first-order valence-electron chi connectivity index (χ1n) is 6.36. The first-order chi connectivity index (χ1) is 9.66. The smallest absolute Gasteiger partial charge is 0.224 e. The number of nitrogens with one attached hydrogen (secondary N) is 1. The van der Waals surface area contributed by atoms with Crippen molar-refractivity contribution in [1.29, 1.82) is 0 Å². The van der Waals surface area contributed by atoms with E-state index in [1.54, 1.807) is 18.2 Å². The summed E-state index contributed by atoms with van der Waals surface area (Å²) < 4.78 is 13.4. The molecule has 0 saturated carbocycles. The Labute approximate surface area is 122 Å². The van der Waals surface area contributed by atoms with E-state index in [1.165, 1.54) is 6.07 Å². The van der Waals surface area contributed by atoms with Gasteiger partial charge in [0.1, 0.15) is 5.82 Å². The number of amides is 1. The zero-order valence-electron chi connectivity index (χ0n) is 10.9. The van der Waals surface area contributed by atoms with Crippen molar-refractivity contribution in [2.45, 2.75) is 11.8 Å². The standard InChI is InChI=1S/C16H15ClFNO/c17-14(12-6-2-1-3-7-12)11-19-16(20)10-13-8-4-5-9-15(13)18/h1-9,14H,10-11H2,(H,19,20). The fourth-order valence-corrected chi connectivity index (χ4v) is 2.08. The van der Waals surface area contributed by atoms with Gasteiger partial charge in [-0.2, -0.15) is 0 Å². The number of halogens is 2. The topological polar surface area (TPSA) is 29.1 Å². The summed E-state index contributed by atoms with van der Waals surface area (Å²) in [7, 11) is 0. The SMILES string of the molecule is O=C(Cc1ccccc1F)NCC(Cl)c1ccccc1. The highest BCUT2D eigenvalue weighted by Crippen LogP contribution is 2.18. The van der Waals surface area contributed by atoms with E-state index in [0.29, 0.717) is 12.1 Å². The molecule has 2 rings (SSSR count). The predicted octanol–water partition coefficient (Wildman–Crippen LogP) is 3.46. The highest BCUT2D eigenvalue weighted by molar-refractivity contribution is 6.21. The number of hydrogen-bond donors (Lipinski definition) is 1. The van der Waals surface area contributed by atoms with E-state index in [-0.39, 0.29) is 23.5 Å². The van der Waals surface area contributed by atoms with Gasteiger partial charge in [-0.1, -0.05) is 48.5 Å². The minimum Gasteiger partial charge on any atom is -0.354 e. The molecule has 0 radical (unpaired) electrons. The van der Waals surface area contributed by atoms with Crippen LogP contribution in [0.15, 0.2) is 54.6 Å². The number of hydrogen-bond acceptors (Lipinski definition) is 1. The number of carbonyl (C=O) groups is 1. The number of rotatable bonds is 5. The van der Waals surface area contributed by atoms with Crippen LogP contribution in [0.2, 0.25) is 0 Å². The van der Waals surface area contributed by atoms with Crippen molar-refractivity contribution in [1.82, 2.24) is 5.32 Å². The van der Waals surface area contributed by atoms with Crippen LogP contribution >= 0.6 is 11.6 Å². The van der Waals surface area contributed by atoms with Gasteiger partial charge in [-0.25, -0.2) is 4.39 Å². The Bertz CT molecular complexity index is 574. The van der Waals surface area contributed by atoms with Crippen molar-refractivity contribution in [2.24, 2.45) is 0 Å². The molecule has 0 bridgehead atoms. The molecule has 4 heteroatoms. The number of carbonyl (C=O) groups excluding carboxylic acids is 1. The summed E-state index contributed by atoms with van der Waals surface area (Å²) in [6, 6.07) is 15.8. The van der Waals surface area contributed by atoms with Crippen LogP contribution in [0.4, 0.5) is 4.39 Å². The summed E-state index contributed by atoms with van der Waals surface area (Å²) in [4.78, 5) is 11.8. The molecule has 0 fully saturated rings.